The van der Waals surface area contributed by atoms with Gasteiger partial charge in [-0.2, -0.15) is 4.98 Å². The van der Waals surface area contributed by atoms with Crippen LogP contribution < -0.4 is 10.6 Å². The van der Waals surface area contributed by atoms with E-state index in [-0.39, 0.29) is 11.9 Å². The van der Waals surface area contributed by atoms with Crippen LogP contribution in [0.4, 0.5) is 10.3 Å². The maximum absolute atomic E-state index is 13.4. The van der Waals surface area contributed by atoms with Gasteiger partial charge >= 0.3 is 5.84 Å². The van der Waals surface area contributed by atoms with E-state index in [1.54, 1.807) is 30.8 Å². The molecule has 0 atom stereocenters. The molecule has 1 aromatic carbocycles. The lowest BCUT2D eigenvalue weighted by molar-refractivity contribution is 0.495. The van der Waals surface area contributed by atoms with E-state index in [9.17, 15) is 4.39 Å². The zero-order valence-electron chi connectivity index (χ0n) is 15.1. The Balaban J connectivity index is 1.61. The molecular formula is C20H19FN6O. The number of nitrogens with zero attached hydrogens (tertiary/aromatic N) is 5. The maximum Gasteiger partial charge on any atom is 0.306 e. The molecule has 0 saturated carbocycles. The highest BCUT2D eigenvalue weighted by Gasteiger charge is 2.22. The van der Waals surface area contributed by atoms with Crippen molar-refractivity contribution in [3.8, 4) is 22.6 Å². The molecule has 0 radical (unpaired) electrons. The number of aromatic nitrogens is 4. The van der Waals surface area contributed by atoms with E-state index in [0.717, 1.165) is 42.9 Å². The van der Waals surface area contributed by atoms with Crippen molar-refractivity contribution in [2.45, 2.75) is 18.9 Å². The molecule has 28 heavy (non-hydrogen) atoms. The summed E-state index contributed by atoms with van der Waals surface area (Å²) < 4.78 is 20.7. The Hall–Kier alpha value is -3.26. The minimum atomic E-state index is -0.291. The fourth-order valence-electron chi connectivity index (χ4n) is 3.57. The predicted octanol–water partition coefficient (Wildman–Crippen LogP) is 3.12. The van der Waals surface area contributed by atoms with Gasteiger partial charge in [0.15, 0.2) is 0 Å². The minimum Gasteiger partial charge on any atom is -0.432 e. The normalized spacial score (nSPS) is 15.4. The zero-order chi connectivity index (χ0) is 19.1. The molecule has 0 bridgehead atoms. The van der Waals surface area contributed by atoms with Gasteiger partial charge in [0.1, 0.15) is 23.5 Å². The number of hydrogen-bond donors (Lipinski definition) is 1. The topological polar surface area (TPSA) is 85.5 Å². The summed E-state index contributed by atoms with van der Waals surface area (Å²) in [4.78, 5) is 16.0. The average molecular weight is 378 g/mol. The second kappa shape index (κ2) is 6.72. The summed E-state index contributed by atoms with van der Waals surface area (Å²) in [6.45, 7) is 1.67. The van der Waals surface area contributed by atoms with Gasteiger partial charge in [-0.1, -0.05) is 0 Å². The van der Waals surface area contributed by atoms with E-state index in [4.69, 9.17) is 15.1 Å². The second-order valence-electron chi connectivity index (χ2n) is 6.94. The summed E-state index contributed by atoms with van der Waals surface area (Å²) in [6.07, 6.45) is 6.97. The van der Waals surface area contributed by atoms with Gasteiger partial charge in [0.25, 0.3) is 0 Å². The zero-order valence-corrected chi connectivity index (χ0v) is 15.1. The monoisotopic (exact) mass is 378 g/mol. The summed E-state index contributed by atoms with van der Waals surface area (Å²) in [6, 6.07) is 8.34. The smallest absolute Gasteiger partial charge is 0.306 e. The van der Waals surface area contributed by atoms with Crippen LogP contribution in [0.25, 0.3) is 28.5 Å². The van der Waals surface area contributed by atoms with E-state index in [1.165, 1.54) is 12.1 Å². The third-order valence-corrected chi connectivity index (χ3v) is 5.09. The molecule has 0 aliphatic carbocycles. The quantitative estimate of drug-likeness (QED) is 0.590. The fourth-order valence-corrected chi connectivity index (χ4v) is 3.57. The van der Waals surface area contributed by atoms with Gasteiger partial charge in [-0.3, -0.25) is 4.40 Å². The summed E-state index contributed by atoms with van der Waals surface area (Å²) >= 11 is 0. The van der Waals surface area contributed by atoms with E-state index < -0.39 is 0 Å². The lowest BCUT2D eigenvalue weighted by Gasteiger charge is -2.30. The van der Waals surface area contributed by atoms with Gasteiger partial charge in [0.05, 0.1) is 5.69 Å². The molecule has 4 heterocycles. The highest BCUT2D eigenvalue weighted by molar-refractivity contribution is 5.79. The number of fused-ring (bicyclic) bond motifs is 1. The molecule has 1 aliphatic rings. The van der Waals surface area contributed by atoms with Crippen molar-refractivity contribution < 1.29 is 8.81 Å². The molecule has 4 aromatic rings. The first-order valence-electron chi connectivity index (χ1n) is 9.24. The van der Waals surface area contributed by atoms with Gasteiger partial charge in [-0.15, -0.1) is 0 Å². The van der Waals surface area contributed by atoms with Crippen LogP contribution in [0.1, 0.15) is 12.8 Å². The van der Waals surface area contributed by atoms with E-state index in [2.05, 4.69) is 14.9 Å². The first-order chi connectivity index (χ1) is 13.7. The van der Waals surface area contributed by atoms with E-state index in [1.807, 2.05) is 10.5 Å². The molecule has 142 valence electrons. The molecular weight excluding hydrogens is 359 g/mol. The van der Waals surface area contributed by atoms with Crippen molar-refractivity contribution in [1.29, 1.82) is 0 Å². The van der Waals surface area contributed by atoms with Crippen molar-refractivity contribution in [2.24, 2.45) is 5.73 Å². The lowest BCUT2D eigenvalue weighted by Crippen LogP contribution is -2.40. The summed E-state index contributed by atoms with van der Waals surface area (Å²) in [5, 5.41) is 0. The Morgan fingerprint density at radius 3 is 2.64 bits per heavy atom. The largest absolute Gasteiger partial charge is 0.432 e. The number of benzene rings is 1. The highest BCUT2D eigenvalue weighted by Crippen LogP contribution is 2.33. The van der Waals surface area contributed by atoms with Crippen LogP contribution in [0.2, 0.25) is 0 Å². The Kier molecular flexibility index (Phi) is 4.05. The third-order valence-electron chi connectivity index (χ3n) is 5.09. The summed E-state index contributed by atoms with van der Waals surface area (Å²) in [5.41, 5.74) is 9.00. The fraction of sp³-hybridized carbons (Fsp3) is 0.250. The second-order valence-corrected chi connectivity index (χ2v) is 6.94. The molecule has 1 saturated heterocycles. The number of hydrogen-bond acceptors (Lipinski definition) is 6. The summed E-state index contributed by atoms with van der Waals surface area (Å²) in [5.74, 6) is 0.840. The van der Waals surface area contributed by atoms with Gasteiger partial charge in [-0.25, -0.2) is 14.4 Å². The minimum absolute atomic E-state index is 0.241. The van der Waals surface area contributed by atoms with Crippen LogP contribution in [0, 0.1) is 5.82 Å². The van der Waals surface area contributed by atoms with Gasteiger partial charge < -0.3 is 15.1 Å². The standard InChI is InChI=1S/C20H19FN6O/c21-14-3-1-13(2-4-14)17-18(27-11-12-28-20(27)25-17)16-5-8-23-19(24-16)26-9-6-15(22)7-10-26/h1-5,8,11-12,15H,6-7,9-10,22H2. The number of oxazole rings is 1. The Morgan fingerprint density at radius 2 is 1.86 bits per heavy atom. The number of imidazole rings is 1. The molecule has 1 aliphatic heterocycles. The Labute approximate surface area is 160 Å². The first kappa shape index (κ1) is 16.9. The molecule has 8 heteroatoms. The van der Waals surface area contributed by atoms with Crippen LogP contribution in [0.5, 0.6) is 0 Å². The Bertz CT molecular complexity index is 1110. The number of halogens is 1. The highest BCUT2D eigenvalue weighted by atomic mass is 19.1. The number of anilines is 1. The molecule has 3 aromatic heterocycles. The van der Waals surface area contributed by atoms with Gasteiger partial charge in [-0.05, 0) is 43.2 Å². The molecule has 2 N–H and O–H groups in total. The molecule has 0 spiro atoms. The lowest BCUT2D eigenvalue weighted by atomic mass is 10.1. The number of piperidine rings is 1. The van der Waals surface area contributed by atoms with Crippen molar-refractivity contribution in [2.75, 3.05) is 18.0 Å². The van der Waals surface area contributed by atoms with Crippen molar-refractivity contribution in [1.82, 2.24) is 19.4 Å². The first-order valence-corrected chi connectivity index (χ1v) is 9.24. The number of nitrogens with two attached hydrogens (primary N) is 1. The van der Waals surface area contributed by atoms with E-state index in [0.29, 0.717) is 17.5 Å². The third kappa shape index (κ3) is 2.91. The van der Waals surface area contributed by atoms with Crippen LogP contribution in [0.3, 0.4) is 0 Å². The molecule has 5 rings (SSSR count). The summed E-state index contributed by atoms with van der Waals surface area (Å²) in [7, 11) is 0. The van der Waals surface area contributed by atoms with Crippen molar-refractivity contribution >= 4 is 11.8 Å². The average Bonchev–Trinajstić information content (AvgIpc) is 3.30. The van der Waals surface area contributed by atoms with Crippen molar-refractivity contribution in [3.05, 3.63) is 54.8 Å². The van der Waals surface area contributed by atoms with Crippen molar-refractivity contribution in [3.63, 3.8) is 0 Å². The van der Waals surface area contributed by atoms with Gasteiger partial charge in [0, 0.05) is 37.1 Å². The number of rotatable bonds is 3. The SMILES string of the molecule is NC1CCN(c2nccc(-c3c(-c4ccc(F)cc4)nc4occn34)n2)CC1. The van der Waals surface area contributed by atoms with Crippen LogP contribution >= 0.6 is 0 Å². The maximum atomic E-state index is 13.4. The molecule has 1 fully saturated rings. The van der Waals surface area contributed by atoms with E-state index >= 15 is 0 Å². The molecule has 7 nitrogen and oxygen atoms in total. The van der Waals surface area contributed by atoms with Crippen LogP contribution in [-0.2, 0) is 0 Å². The van der Waals surface area contributed by atoms with Crippen LogP contribution in [-0.4, -0.2) is 38.5 Å². The molecule has 0 unspecified atom stereocenters. The van der Waals surface area contributed by atoms with Crippen LogP contribution in [0.15, 0.2) is 53.4 Å². The van der Waals surface area contributed by atoms with Gasteiger partial charge in [0.2, 0.25) is 5.95 Å². The Morgan fingerprint density at radius 1 is 1.07 bits per heavy atom. The molecule has 0 amide bonds. The predicted molar refractivity (Wildman–Crippen MR) is 103 cm³/mol.